The first-order chi connectivity index (χ1) is 14.7. The standard InChI is InChI=1S/C28H34FN/c1-3-4-5-6-20-7-9-21(10-8-20)24-14-16-27(28(29)19-24)25-12-11-23-18-26(30-2)15-13-22(23)17-25/h11-21,30H,3-10H2,1-2H3. The quantitative estimate of drug-likeness (QED) is 0.390. The van der Waals surface area contributed by atoms with Gasteiger partial charge >= 0.3 is 0 Å². The van der Waals surface area contributed by atoms with Gasteiger partial charge in [0.2, 0.25) is 0 Å². The maximum absolute atomic E-state index is 15.1. The summed E-state index contributed by atoms with van der Waals surface area (Å²) in [5.74, 6) is 1.31. The van der Waals surface area contributed by atoms with Gasteiger partial charge in [-0.15, -0.1) is 0 Å². The van der Waals surface area contributed by atoms with E-state index in [9.17, 15) is 0 Å². The van der Waals surface area contributed by atoms with Crippen LogP contribution in [-0.4, -0.2) is 7.05 Å². The van der Waals surface area contributed by atoms with Crippen molar-refractivity contribution in [3.05, 3.63) is 66.0 Å². The zero-order chi connectivity index (χ0) is 20.9. The molecule has 0 radical (unpaired) electrons. The SMILES string of the molecule is CCCCCC1CCC(c2ccc(-c3ccc4cc(NC)ccc4c3)c(F)c2)CC1. The van der Waals surface area contributed by atoms with Crippen molar-refractivity contribution in [3.63, 3.8) is 0 Å². The minimum Gasteiger partial charge on any atom is -0.388 e. The summed E-state index contributed by atoms with van der Waals surface area (Å²) in [6.45, 7) is 2.27. The van der Waals surface area contributed by atoms with Crippen molar-refractivity contribution in [2.45, 2.75) is 64.2 Å². The molecule has 4 rings (SSSR count). The predicted molar refractivity (Wildman–Crippen MR) is 128 cm³/mol. The van der Waals surface area contributed by atoms with Gasteiger partial charge in [0, 0.05) is 18.3 Å². The molecule has 0 atom stereocenters. The Hall–Kier alpha value is -2.35. The van der Waals surface area contributed by atoms with Gasteiger partial charge < -0.3 is 5.32 Å². The molecular formula is C28H34FN. The number of benzene rings is 3. The maximum Gasteiger partial charge on any atom is 0.131 e. The fourth-order valence-electron chi connectivity index (χ4n) is 5.06. The molecule has 3 aromatic rings. The molecule has 0 unspecified atom stereocenters. The van der Waals surface area contributed by atoms with Crippen molar-refractivity contribution in [1.29, 1.82) is 0 Å². The van der Waals surface area contributed by atoms with Crippen molar-refractivity contribution in [1.82, 2.24) is 0 Å². The number of nitrogens with one attached hydrogen (secondary N) is 1. The van der Waals surface area contributed by atoms with Crippen LogP contribution in [0.1, 0.15) is 69.8 Å². The third-order valence-corrected chi connectivity index (χ3v) is 6.97. The second-order valence-electron chi connectivity index (χ2n) is 8.98. The van der Waals surface area contributed by atoms with E-state index in [0.29, 0.717) is 11.5 Å². The lowest BCUT2D eigenvalue weighted by Crippen LogP contribution is -2.13. The molecule has 1 N–H and O–H groups in total. The highest BCUT2D eigenvalue weighted by Crippen LogP contribution is 2.39. The molecule has 0 aromatic heterocycles. The second-order valence-corrected chi connectivity index (χ2v) is 8.98. The summed E-state index contributed by atoms with van der Waals surface area (Å²) in [6, 6.07) is 18.4. The average Bonchev–Trinajstić information content (AvgIpc) is 2.79. The number of fused-ring (bicyclic) bond motifs is 1. The van der Waals surface area contributed by atoms with Crippen LogP contribution in [0, 0.1) is 11.7 Å². The summed E-state index contributed by atoms with van der Waals surface area (Å²) < 4.78 is 15.1. The Labute approximate surface area is 180 Å². The van der Waals surface area contributed by atoms with Gasteiger partial charge in [-0.1, -0.05) is 62.9 Å². The molecule has 1 saturated carbocycles. The number of unbranched alkanes of at least 4 members (excludes halogenated alkanes) is 2. The molecule has 1 aliphatic rings. The molecule has 0 heterocycles. The molecule has 3 aromatic carbocycles. The van der Waals surface area contributed by atoms with Crippen molar-refractivity contribution < 1.29 is 4.39 Å². The molecule has 0 saturated heterocycles. The largest absolute Gasteiger partial charge is 0.388 e. The first-order valence-electron chi connectivity index (χ1n) is 11.7. The molecule has 2 heteroatoms. The van der Waals surface area contributed by atoms with Crippen molar-refractivity contribution in [3.8, 4) is 11.1 Å². The fourth-order valence-corrected chi connectivity index (χ4v) is 5.06. The summed E-state index contributed by atoms with van der Waals surface area (Å²) in [7, 11) is 1.92. The molecular weight excluding hydrogens is 369 g/mol. The summed E-state index contributed by atoms with van der Waals surface area (Å²) in [4.78, 5) is 0. The van der Waals surface area contributed by atoms with Crippen LogP contribution < -0.4 is 5.32 Å². The zero-order valence-corrected chi connectivity index (χ0v) is 18.4. The topological polar surface area (TPSA) is 12.0 Å². The Morgan fingerprint density at radius 3 is 2.37 bits per heavy atom. The van der Waals surface area contributed by atoms with Gasteiger partial charge in [-0.05, 0) is 83.7 Å². The van der Waals surface area contributed by atoms with E-state index in [0.717, 1.165) is 22.6 Å². The van der Waals surface area contributed by atoms with Crippen LogP contribution in [0.3, 0.4) is 0 Å². The lowest BCUT2D eigenvalue weighted by Gasteiger charge is -2.29. The van der Waals surface area contributed by atoms with Gasteiger partial charge in [-0.3, -0.25) is 0 Å². The van der Waals surface area contributed by atoms with Crippen molar-refractivity contribution >= 4 is 16.5 Å². The average molecular weight is 404 g/mol. The predicted octanol–water partition coefficient (Wildman–Crippen LogP) is 8.54. The molecule has 1 aliphatic carbocycles. The van der Waals surface area contributed by atoms with E-state index in [-0.39, 0.29) is 5.82 Å². The van der Waals surface area contributed by atoms with Crippen molar-refractivity contribution in [2.75, 3.05) is 12.4 Å². The Balaban J connectivity index is 1.47. The monoisotopic (exact) mass is 403 g/mol. The lowest BCUT2D eigenvalue weighted by atomic mass is 9.77. The van der Waals surface area contributed by atoms with E-state index in [1.54, 1.807) is 6.07 Å². The summed E-state index contributed by atoms with van der Waals surface area (Å²) in [6.07, 6.45) is 10.4. The third-order valence-electron chi connectivity index (χ3n) is 6.97. The summed E-state index contributed by atoms with van der Waals surface area (Å²) in [5, 5.41) is 5.47. The number of anilines is 1. The highest BCUT2D eigenvalue weighted by Gasteiger charge is 2.23. The Morgan fingerprint density at radius 1 is 0.867 bits per heavy atom. The number of hydrogen-bond donors (Lipinski definition) is 1. The molecule has 0 bridgehead atoms. The lowest BCUT2D eigenvalue weighted by molar-refractivity contribution is 0.302. The Kier molecular flexibility index (Phi) is 6.72. The fraction of sp³-hybridized carbons (Fsp3) is 0.429. The second kappa shape index (κ2) is 9.64. The van der Waals surface area contributed by atoms with Crippen LogP contribution in [0.25, 0.3) is 21.9 Å². The zero-order valence-electron chi connectivity index (χ0n) is 18.4. The van der Waals surface area contributed by atoms with Gasteiger partial charge in [0.15, 0.2) is 0 Å². The smallest absolute Gasteiger partial charge is 0.131 e. The van der Waals surface area contributed by atoms with Crippen LogP contribution in [0.2, 0.25) is 0 Å². The van der Waals surface area contributed by atoms with E-state index in [2.05, 4.69) is 48.6 Å². The van der Waals surface area contributed by atoms with Crippen LogP contribution in [0.15, 0.2) is 54.6 Å². The van der Waals surface area contributed by atoms with E-state index in [1.807, 2.05) is 19.2 Å². The Bertz CT molecular complexity index is 985. The van der Waals surface area contributed by atoms with Crippen LogP contribution in [-0.2, 0) is 0 Å². The third kappa shape index (κ3) is 4.69. The minimum atomic E-state index is -0.0937. The van der Waals surface area contributed by atoms with Crippen molar-refractivity contribution in [2.24, 2.45) is 5.92 Å². The maximum atomic E-state index is 15.1. The number of rotatable bonds is 7. The van der Waals surface area contributed by atoms with E-state index < -0.39 is 0 Å². The summed E-state index contributed by atoms with van der Waals surface area (Å²) >= 11 is 0. The summed E-state index contributed by atoms with van der Waals surface area (Å²) in [5.41, 5.74) is 3.92. The highest BCUT2D eigenvalue weighted by atomic mass is 19.1. The first kappa shape index (κ1) is 20.9. The van der Waals surface area contributed by atoms with Gasteiger partial charge in [0.25, 0.3) is 0 Å². The molecule has 0 aliphatic heterocycles. The van der Waals surface area contributed by atoms with E-state index in [1.165, 1.54) is 62.3 Å². The van der Waals surface area contributed by atoms with Crippen LogP contribution in [0.4, 0.5) is 10.1 Å². The first-order valence-corrected chi connectivity index (χ1v) is 11.7. The normalized spacial score (nSPS) is 19.2. The van der Waals surface area contributed by atoms with Gasteiger partial charge in [0.1, 0.15) is 5.82 Å². The van der Waals surface area contributed by atoms with Gasteiger partial charge in [0.05, 0.1) is 0 Å². The van der Waals surface area contributed by atoms with E-state index >= 15 is 4.39 Å². The number of hydrogen-bond acceptors (Lipinski definition) is 1. The molecule has 30 heavy (non-hydrogen) atoms. The van der Waals surface area contributed by atoms with Gasteiger partial charge in [-0.25, -0.2) is 4.39 Å². The molecule has 158 valence electrons. The van der Waals surface area contributed by atoms with Crippen LogP contribution >= 0.6 is 0 Å². The van der Waals surface area contributed by atoms with Crippen LogP contribution in [0.5, 0.6) is 0 Å². The molecule has 0 amide bonds. The highest BCUT2D eigenvalue weighted by molar-refractivity contribution is 5.89. The van der Waals surface area contributed by atoms with Gasteiger partial charge in [-0.2, -0.15) is 0 Å². The number of halogens is 1. The Morgan fingerprint density at radius 2 is 1.63 bits per heavy atom. The molecule has 1 nitrogen and oxygen atoms in total. The molecule has 1 fully saturated rings. The molecule has 0 spiro atoms. The minimum absolute atomic E-state index is 0.0937. The van der Waals surface area contributed by atoms with E-state index in [4.69, 9.17) is 0 Å².